The monoisotopic (exact) mass is 409 g/mol. The molecule has 0 unspecified atom stereocenters. The summed E-state index contributed by atoms with van der Waals surface area (Å²) in [6, 6.07) is 5.97. The Morgan fingerprint density at radius 1 is 1.37 bits per heavy atom. The van der Waals surface area contributed by atoms with Crippen LogP contribution < -0.4 is 21.5 Å². The van der Waals surface area contributed by atoms with Crippen molar-refractivity contribution < 1.29 is 4.39 Å². The SMILES string of the molecule is CC#CCN(CN1CCNCC1)c1c(N)cnn(Cc2ccc(F)c(C#N)c2)c1=O. The molecular formula is C21H24FN7O. The molecule has 1 fully saturated rings. The first-order chi connectivity index (χ1) is 14.5. The third-order valence-corrected chi connectivity index (χ3v) is 4.87. The van der Waals surface area contributed by atoms with Crippen LogP contribution in [0.15, 0.2) is 29.2 Å². The second-order valence-electron chi connectivity index (χ2n) is 6.97. The van der Waals surface area contributed by atoms with E-state index in [0.717, 1.165) is 26.2 Å². The summed E-state index contributed by atoms with van der Waals surface area (Å²) in [6.45, 7) is 6.22. The van der Waals surface area contributed by atoms with E-state index in [-0.39, 0.29) is 23.4 Å². The Morgan fingerprint density at radius 2 is 2.13 bits per heavy atom. The lowest BCUT2D eigenvalue weighted by Gasteiger charge is -2.33. The summed E-state index contributed by atoms with van der Waals surface area (Å²) < 4.78 is 14.9. The molecule has 0 atom stereocenters. The first-order valence-electron chi connectivity index (χ1n) is 9.65. The van der Waals surface area contributed by atoms with Crippen molar-refractivity contribution in [1.29, 1.82) is 5.26 Å². The molecule has 9 heteroatoms. The molecule has 0 aliphatic carbocycles. The van der Waals surface area contributed by atoms with Gasteiger partial charge in [0, 0.05) is 26.2 Å². The van der Waals surface area contributed by atoms with Crippen molar-refractivity contribution in [3.8, 4) is 17.9 Å². The molecule has 1 aliphatic rings. The van der Waals surface area contributed by atoms with Gasteiger partial charge < -0.3 is 16.0 Å². The Hall–Kier alpha value is -3.40. The summed E-state index contributed by atoms with van der Waals surface area (Å²) >= 11 is 0. The number of nitrogens with two attached hydrogens (primary N) is 1. The van der Waals surface area contributed by atoms with Crippen LogP contribution in [-0.4, -0.2) is 54.1 Å². The fraction of sp³-hybridized carbons (Fsp3) is 0.381. The third-order valence-electron chi connectivity index (χ3n) is 4.87. The van der Waals surface area contributed by atoms with E-state index in [1.807, 2.05) is 4.90 Å². The van der Waals surface area contributed by atoms with Crippen LogP contribution in [0.4, 0.5) is 15.8 Å². The van der Waals surface area contributed by atoms with E-state index in [4.69, 9.17) is 11.0 Å². The molecule has 0 spiro atoms. The number of nitrogens with one attached hydrogen (secondary N) is 1. The molecule has 1 aliphatic heterocycles. The lowest BCUT2D eigenvalue weighted by atomic mass is 10.1. The molecule has 3 N–H and O–H groups in total. The van der Waals surface area contributed by atoms with Crippen LogP contribution in [0.1, 0.15) is 18.1 Å². The number of anilines is 2. The van der Waals surface area contributed by atoms with Gasteiger partial charge in [-0.1, -0.05) is 12.0 Å². The van der Waals surface area contributed by atoms with Gasteiger partial charge in [-0.25, -0.2) is 9.07 Å². The van der Waals surface area contributed by atoms with Gasteiger partial charge in [0.15, 0.2) is 0 Å². The largest absolute Gasteiger partial charge is 0.396 e. The van der Waals surface area contributed by atoms with Crippen LogP contribution in [0.5, 0.6) is 0 Å². The highest BCUT2D eigenvalue weighted by Crippen LogP contribution is 2.18. The van der Waals surface area contributed by atoms with Crippen LogP contribution in [0.3, 0.4) is 0 Å². The zero-order chi connectivity index (χ0) is 21.5. The third kappa shape index (κ3) is 4.95. The summed E-state index contributed by atoms with van der Waals surface area (Å²) in [6.07, 6.45) is 1.44. The zero-order valence-corrected chi connectivity index (χ0v) is 16.9. The summed E-state index contributed by atoms with van der Waals surface area (Å²) in [5, 5.41) is 16.5. The van der Waals surface area contributed by atoms with E-state index in [9.17, 15) is 9.18 Å². The Morgan fingerprint density at radius 3 is 2.83 bits per heavy atom. The number of piperazine rings is 1. The number of benzene rings is 1. The topological polar surface area (TPSA) is 103 Å². The van der Waals surface area contributed by atoms with Crippen LogP contribution in [-0.2, 0) is 6.54 Å². The second-order valence-corrected chi connectivity index (χ2v) is 6.97. The van der Waals surface area contributed by atoms with Gasteiger partial charge in [0.2, 0.25) is 0 Å². The molecule has 0 radical (unpaired) electrons. The van der Waals surface area contributed by atoms with Gasteiger partial charge in [0.05, 0.1) is 37.2 Å². The summed E-state index contributed by atoms with van der Waals surface area (Å²) in [5.74, 6) is 5.28. The maximum atomic E-state index is 13.6. The van der Waals surface area contributed by atoms with E-state index in [1.165, 1.54) is 29.1 Å². The van der Waals surface area contributed by atoms with Gasteiger partial charge in [0.25, 0.3) is 5.56 Å². The van der Waals surface area contributed by atoms with Crippen molar-refractivity contribution in [2.24, 2.45) is 0 Å². The van der Waals surface area contributed by atoms with Crippen LogP contribution in [0.25, 0.3) is 0 Å². The molecule has 2 aromatic rings. The van der Waals surface area contributed by atoms with E-state index >= 15 is 0 Å². The summed E-state index contributed by atoms with van der Waals surface area (Å²) in [7, 11) is 0. The molecular weight excluding hydrogens is 385 g/mol. The first-order valence-corrected chi connectivity index (χ1v) is 9.65. The molecule has 2 heterocycles. The van der Waals surface area contributed by atoms with Gasteiger partial charge in [-0.05, 0) is 24.6 Å². The number of halogens is 1. The van der Waals surface area contributed by atoms with Crippen LogP contribution in [0.2, 0.25) is 0 Å². The average molecular weight is 409 g/mol. The van der Waals surface area contributed by atoms with E-state index in [0.29, 0.717) is 24.5 Å². The lowest BCUT2D eigenvalue weighted by molar-refractivity contribution is 0.242. The molecule has 0 bridgehead atoms. The van der Waals surface area contributed by atoms with E-state index in [2.05, 4.69) is 27.2 Å². The molecule has 0 amide bonds. The number of hydrogen-bond acceptors (Lipinski definition) is 7. The highest BCUT2D eigenvalue weighted by atomic mass is 19.1. The zero-order valence-electron chi connectivity index (χ0n) is 16.9. The van der Waals surface area contributed by atoms with Crippen molar-refractivity contribution in [2.75, 3.05) is 50.0 Å². The minimum absolute atomic E-state index is 0.0743. The number of hydrogen-bond donors (Lipinski definition) is 2. The summed E-state index contributed by atoms with van der Waals surface area (Å²) in [5.41, 5.74) is 6.93. The predicted molar refractivity (Wildman–Crippen MR) is 113 cm³/mol. The standard InChI is InChI=1S/C21H24FN7O/c1-2-3-8-28(15-27-9-6-25-7-10-27)20-19(24)13-26-29(21(20)30)14-16-4-5-18(22)17(11-16)12-23/h4-5,11,13,25H,6-10,14-15,24H2,1H3. The molecule has 1 aromatic carbocycles. The molecule has 156 valence electrons. The van der Waals surface area contributed by atoms with E-state index in [1.54, 1.807) is 13.0 Å². The Labute approximate surface area is 174 Å². The maximum Gasteiger partial charge on any atom is 0.292 e. The highest BCUT2D eigenvalue weighted by molar-refractivity contribution is 5.65. The normalized spacial score (nSPS) is 13.9. The van der Waals surface area contributed by atoms with Crippen molar-refractivity contribution in [3.63, 3.8) is 0 Å². The molecule has 30 heavy (non-hydrogen) atoms. The van der Waals surface area contributed by atoms with E-state index < -0.39 is 5.82 Å². The smallest absolute Gasteiger partial charge is 0.292 e. The van der Waals surface area contributed by atoms with Crippen molar-refractivity contribution in [3.05, 3.63) is 51.7 Å². The van der Waals surface area contributed by atoms with Crippen molar-refractivity contribution >= 4 is 11.4 Å². The fourth-order valence-corrected chi connectivity index (χ4v) is 3.32. The molecule has 3 rings (SSSR count). The fourth-order valence-electron chi connectivity index (χ4n) is 3.32. The van der Waals surface area contributed by atoms with Crippen molar-refractivity contribution in [1.82, 2.24) is 20.0 Å². The number of nitriles is 1. The molecule has 0 saturated carbocycles. The Kier molecular flexibility index (Phi) is 7.02. The predicted octanol–water partition coefficient (Wildman–Crippen LogP) is 0.577. The van der Waals surface area contributed by atoms with Gasteiger partial charge in [-0.15, -0.1) is 5.92 Å². The van der Waals surface area contributed by atoms with Gasteiger partial charge in [-0.2, -0.15) is 10.4 Å². The number of aromatic nitrogens is 2. The number of nitrogens with zero attached hydrogens (tertiary/aromatic N) is 5. The molecule has 8 nitrogen and oxygen atoms in total. The summed E-state index contributed by atoms with van der Waals surface area (Å²) in [4.78, 5) is 17.3. The highest BCUT2D eigenvalue weighted by Gasteiger charge is 2.20. The van der Waals surface area contributed by atoms with Gasteiger partial charge in [0.1, 0.15) is 17.6 Å². The van der Waals surface area contributed by atoms with Crippen LogP contribution in [0, 0.1) is 29.0 Å². The molecule has 1 saturated heterocycles. The maximum absolute atomic E-state index is 13.6. The second kappa shape index (κ2) is 9.88. The minimum atomic E-state index is -0.597. The van der Waals surface area contributed by atoms with Crippen LogP contribution >= 0.6 is 0 Å². The first kappa shape index (κ1) is 21.3. The van der Waals surface area contributed by atoms with Gasteiger partial charge >= 0.3 is 0 Å². The Bertz CT molecular complexity index is 1060. The lowest BCUT2D eigenvalue weighted by Crippen LogP contribution is -2.49. The minimum Gasteiger partial charge on any atom is -0.396 e. The molecule has 1 aromatic heterocycles. The quantitative estimate of drug-likeness (QED) is 0.673. The number of rotatable bonds is 6. The number of nitrogen functional groups attached to an aromatic ring is 1. The average Bonchev–Trinajstić information content (AvgIpc) is 2.76. The van der Waals surface area contributed by atoms with Gasteiger partial charge in [-0.3, -0.25) is 9.69 Å². The Balaban J connectivity index is 1.93. The van der Waals surface area contributed by atoms with Crippen molar-refractivity contribution in [2.45, 2.75) is 13.5 Å².